The number of thioether (sulfide) groups is 1. The molecule has 1 aromatic carbocycles. The predicted molar refractivity (Wildman–Crippen MR) is 296 cm³/mol. The number of hydrogen-bond acceptors (Lipinski definition) is 15. The number of Topliss-reactive ketones (excluding diaryl/α,β-unsaturated/α-hetero) is 2. The summed E-state index contributed by atoms with van der Waals surface area (Å²) >= 11 is 1.56. The molecule has 0 spiro atoms. The summed E-state index contributed by atoms with van der Waals surface area (Å²) in [5.74, 6) is -0.665. The smallest absolute Gasteiger partial charge is 0.412 e. The summed E-state index contributed by atoms with van der Waals surface area (Å²) in [6, 6.07) is 7.35. The van der Waals surface area contributed by atoms with E-state index in [2.05, 4.69) is 32.4 Å². The minimum atomic E-state index is -0.717. The maximum atomic E-state index is 14.1. The van der Waals surface area contributed by atoms with E-state index in [-0.39, 0.29) is 90.9 Å². The van der Waals surface area contributed by atoms with E-state index in [0.29, 0.717) is 65.8 Å². The van der Waals surface area contributed by atoms with Gasteiger partial charge in [-0.25, -0.2) is 9.78 Å². The molecule has 24 heteroatoms. The van der Waals surface area contributed by atoms with E-state index in [4.69, 9.17) is 24.7 Å². The minimum absolute atomic E-state index is 0.00172. The van der Waals surface area contributed by atoms with E-state index in [1.807, 2.05) is 20.4 Å². The second-order valence-electron chi connectivity index (χ2n) is 19.7. The van der Waals surface area contributed by atoms with Crippen LogP contribution < -0.4 is 31.2 Å². The largest absolute Gasteiger partial charge is 0.493 e. The number of hydrogen-bond donors (Lipinski definition) is 4. The Morgan fingerprint density at radius 2 is 1.49 bits per heavy atom. The number of nitrogens with zero attached hydrogens (tertiary/aromatic N) is 8. The number of unbranched alkanes of at least 4 members (excludes halogenated alkanes) is 1. The van der Waals surface area contributed by atoms with Gasteiger partial charge >= 0.3 is 6.09 Å². The number of ketones is 2. The molecule has 2 aliphatic rings. The Labute approximate surface area is 457 Å². The van der Waals surface area contributed by atoms with Crippen LogP contribution in [-0.2, 0) is 48.9 Å². The quantitative estimate of drug-likeness (QED) is 0.0240. The molecule has 5 N–H and O–H groups in total. The number of carbonyl (C=O) groups is 7. The van der Waals surface area contributed by atoms with Crippen molar-refractivity contribution in [1.82, 2.24) is 38.0 Å². The van der Waals surface area contributed by atoms with Gasteiger partial charge in [-0.15, -0.1) is 0 Å². The third-order valence-corrected chi connectivity index (χ3v) is 13.9. The molecule has 418 valence electrons. The minimum Gasteiger partial charge on any atom is -0.493 e. The molecule has 5 aromatic rings. The number of aromatic nitrogens is 5. The monoisotopic (exact) mass is 1090 g/mol. The maximum Gasteiger partial charge on any atom is 0.412 e. The van der Waals surface area contributed by atoms with E-state index in [1.54, 1.807) is 95.3 Å². The summed E-state index contributed by atoms with van der Waals surface area (Å²) < 4.78 is 29.4. The van der Waals surface area contributed by atoms with E-state index < -0.39 is 36.1 Å². The average Bonchev–Trinajstić information content (AvgIpc) is 4.30. The molecular formula is C54H70N12O11S. The number of anilines is 4. The predicted octanol–water partition coefficient (Wildman–Crippen LogP) is 5.60. The van der Waals surface area contributed by atoms with Crippen LogP contribution in [0.2, 0.25) is 0 Å². The summed E-state index contributed by atoms with van der Waals surface area (Å²) in [5.41, 5.74) is 10.2. The number of ether oxygens (including phenoxy) is 4. The molecule has 5 amide bonds. The number of nitrogens with one attached hydrogen (secondary N) is 3. The molecule has 0 radical (unpaired) electrons. The standard InChI is InChI=1S/C54H70N12O11S/c1-33-21-42(53-65(16-18-76-53)54(73)77-19-20-78-9)66(28-33)52(72)37-26-45(74-8)46(27-38(37)55)75-17-12-14-48(69)58-47-32-64(7)49(59-47)51(71)57-36-25-40(63(6)31-36)44(68)23-34-22-41(61(4)29-34)50(70)56-35-24-39(62(5)30-35)43(67)13-10-11-15-60(2)3/h22,24-27,29-32,42,53H,1,10-21,23,28,55H2,2-9H3,(H,56,70)(H,57,71)(H,58,69)/t42-,53?/m0/s1. The zero-order chi connectivity index (χ0) is 56.4. The van der Waals surface area contributed by atoms with Crippen molar-refractivity contribution in [2.24, 2.45) is 28.2 Å². The van der Waals surface area contributed by atoms with Gasteiger partial charge in [0.2, 0.25) is 11.7 Å². The molecule has 78 heavy (non-hydrogen) atoms. The molecule has 0 bridgehead atoms. The Morgan fingerprint density at radius 3 is 2.18 bits per heavy atom. The highest BCUT2D eigenvalue weighted by molar-refractivity contribution is 7.98. The fourth-order valence-electron chi connectivity index (χ4n) is 9.43. The number of methoxy groups -OCH3 is 1. The number of nitrogens with two attached hydrogens (primary N) is 1. The van der Waals surface area contributed by atoms with Gasteiger partial charge in [0, 0.05) is 96.3 Å². The van der Waals surface area contributed by atoms with Crippen molar-refractivity contribution in [2.45, 2.75) is 57.2 Å². The highest BCUT2D eigenvalue weighted by atomic mass is 32.2. The zero-order valence-corrected chi connectivity index (χ0v) is 46.3. The number of imidazole rings is 1. The Bertz CT molecular complexity index is 3060. The highest BCUT2D eigenvalue weighted by Crippen LogP contribution is 2.36. The lowest BCUT2D eigenvalue weighted by Gasteiger charge is -2.33. The van der Waals surface area contributed by atoms with Crippen molar-refractivity contribution in [3.8, 4) is 11.5 Å². The van der Waals surface area contributed by atoms with Crippen LogP contribution in [0.15, 0.2) is 67.3 Å². The first-order valence-electron chi connectivity index (χ1n) is 25.5. The van der Waals surface area contributed by atoms with Crippen molar-refractivity contribution in [1.29, 1.82) is 0 Å². The number of carbonyl (C=O) groups excluding carboxylic acids is 7. The van der Waals surface area contributed by atoms with Crippen molar-refractivity contribution < 1.29 is 52.5 Å². The molecule has 6 heterocycles. The molecular weight excluding hydrogens is 1020 g/mol. The van der Waals surface area contributed by atoms with Crippen molar-refractivity contribution in [2.75, 3.05) is 94.4 Å². The molecule has 4 aromatic heterocycles. The Morgan fingerprint density at radius 1 is 0.795 bits per heavy atom. The van der Waals surface area contributed by atoms with Gasteiger partial charge < -0.3 is 68.7 Å². The number of aryl methyl sites for hydroxylation is 4. The Hall–Kier alpha value is -7.83. The van der Waals surface area contributed by atoms with Gasteiger partial charge in [-0.1, -0.05) is 12.2 Å². The number of likely N-dealkylation sites (tertiary alicyclic amines) is 1. The van der Waals surface area contributed by atoms with Crippen LogP contribution >= 0.6 is 11.8 Å². The van der Waals surface area contributed by atoms with Gasteiger partial charge in [0.15, 0.2) is 35.1 Å². The van der Waals surface area contributed by atoms with Crippen LogP contribution in [0.4, 0.5) is 27.7 Å². The molecule has 7 rings (SSSR count). The van der Waals surface area contributed by atoms with Crippen LogP contribution in [0.3, 0.4) is 0 Å². The second-order valence-corrected chi connectivity index (χ2v) is 20.6. The molecule has 23 nitrogen and oxygen atoms in total. The molecule has 0 saturated carbocycles. The second kappa shape index (κ2) is 26.0. The maximum absolute atomic E-state index is 14.1. The van der Waals surface area contributed by atoms with Crippen LogP contribution in [0.25, 0.3) is 0 Å². The normalized spacial score (nSPS) is 15.2. The van der Waals surface area contributed by atoms with Crippen LogP contribution in [-0.4, -0.2) is 164 Å². The first-order valence-corrected chi connectivity index (χ1v) is 26.9. The van der Waals surface area contributed by atoms with Gasteiger partial charge in [-0.05, 0) is 82.4 Å². The lowest BCUT2D eigenvalue weighted by atomic mass is 10.1. The van der Waals surface area contributed by atoms with Crippen molar-refractivity contribution in [3.05, 3.63) is 101 Å². The van der Waals surface area contributed by atoms with E-state index >= 15 is 0 Å². The molecule has 2 atom stereocenters. The average molecular weight is 1100 g/mol. The highest BCUT2D eigenvalue weighted by Gasteiger charge is 2.45. The van der Waals surface area contributed by atoms with Crippen LogP contribution in [0, 0.1) is 0 Å². The first kappa shape index (κ1) is 57.9. The van der Waals surface area contributed by atoms with E-state index in [0.717, 1.165) is 25.0 Å². The van der Waals surface area contributed by atoms with Crippen molar-refractivity contribution >= 4 is 75.9 Å². The van der Waals surface area contributed by atoms with Crippen LogP contribution in [0.1, 0.15) is 96.5 Å². The van der Waals surface area contributed by atoms with Gasteiger partial charge in [0.1, 0.15) is 12.3 Å². The number of nitrogen functional groups attached to an aromatic ring is 1. The third-order valence-electron chi connectivity index (χ3n) is 13.3. The summed E-state index contributed by atoms with van der Waals surface area (Å²) in [5, 5.41) is 8.36. The molecule has 1 unspecified atom stereocenters. The Balaban J connectivity index is 0.873. The first-order chi connectivity index (χ1) is 37.2. The topological polar surface area (TPSA) is 261 Å². The van der Waals surface area contributed by atoms with E-state index in [9.17, 15) is 33.6 Å². The Kier molecular flexibility index (Phi) is 19.3. The van der Waals surface area contributed by atoms with Gasteiger partial charge in [0.05, 0.1) is 61.2 Å². The summed E-state index contributed by atoms with van der Waals surface area (Å²) in [7, 11) is 12.2. The lowest BCUT2D eigenvalue weighted by Crippen LogP contribution is -2.51. The fourth-order valence-corrected chi connectivity index (χ4v) is 9.68. The summed E-state index contributed by atoms with van der Waals surface area (Å²) in [6.45, 7) is 6.25. The third kappa shape index (κ3) is 14.2. The number of benzene rings is 1. The fraction of sp³-hybridized carbons (Fsp3) is 0.444. The van der Waals surface area contributed by atoms with Gasteiger partial charge in [0.25, 0.3) is 17.7 Å². The molecule has 2 saturated heterocycles. The van der Waals surface area contributed by atoms with Crippen molar-refractivity contribution in [3.63, 3.8) is 0 Å². The van der Waals surface area contributed by atoms with Gasteiger partial charge in [-0.3, -0.25) is 33.7 Å². The summed E-state index contributed by atoms with van der Waals surface area (Å²) in [4.78, 5) is 103. The van der Waals surface area contributed by atoms with Crippen LogP contribution in [0.5, 0.6) is 11.5 Å². The van der Waals surface area contributed by atoms with E-state index in [1.165, 1.54) is 34.9 Å². The molecule has 0 aliphatic carbocycles. The summed E-state index contributed by atoms with van der Waals surface area (Å²) in [6.07, 6.45) is 10.0. The lowest BCUT2D eigenvalue weighted by molar-refractivity contribution is -0.116. The van der Waals surface area contributed by atoms with Gasteiger partial charge in [-0.2, -0.15) is 11.8 Å². The number of amides is 5. The molecule has 2 aliphatic heterocycles. The zero-order valence-electron chi connectivity index (χ0n) is 45.5. The molecule has 2 fully saturated rings. The SMILES string of the molecule is C=C1C[C@@H](C2OCCN2C(=O)OCCSC)N(C(=O)c2cc(OC)c(OCCCC(=O)Nc3cn(C)c(C(=O)Nc4cc(C(=O)Cc5cc(C(=O)Nc6cc(C(=O)CCCCN(C)C)n(C)c6)n(C)c5)n(C)c4)n3)cc2N)C1. The number of rotatable bonds is 25.